The SMILES string of the molecule is Cc1nc(OCc2ccccc2)c(CN2CCc3c(Cl)cc(CC4CCOCC4)c(Cl)c3C2=O)c2occc12. The first-order valence-corrected chi connectivity index (χ1v) is 14.2. The number of pyridine rings is 1. The van der Waals surface area contributed by atoms with E-state index in [0.717, 1.165) is 65.8 Å². The quantitative estimate of drug-likeness (QED) is 0.237. The number of ether oxygens (including phenoxy) is 2. The molecule has 1 amide bonds. The lowest BCUT2D eigenvalue weighted by Crippen LogP contribution is -2.38. The molecule has 6 nitrogen and oxygen atoms in total. The van der Waals surface area contributed by atoms with E-state index in [2.05, 4.69) is 0 Å². The van der Waals surface area contributed by atoms with E-state index in [1.807, 2.05) is 49.4 Å². The molecule has 0 atom stereocenters. The number of hydrogen-bond donors (Lipinski definition) is 0. The van der Waals surface area contributed by atoms with Crippen LogP contribution < -0.4 is 4.74 Å². The Kier molecular flexibility index (Phi) is 7.52. The third-order valence-corrected chi connectivity index (χ3v) is 8.57. The van der Waals surface area contributed by atoms with E-state index in [0.29, 0.717) is 52.6 Å². The van der Waals surface area contributed by atoms with E-state index in [9.17, 15) is 4.79 Å². The predicted molar refractivity (Wildman–Crippen MR) is 152 cm³/mol. The molecule has 0 aliphatic carbocycles. The van der Waals surface area contributed by atoms with Crippen LogP contribution >= 0.6 is 23.2 Å². The number of benzene rings is 2. The summed E-state index contributed by atoms with van der Waals surface area (Å²) in [6, 6.07) is 13.8. The van der Waals surface area contributed by atoms with Gasteiger partial charge < -0.3 is 18.8 Å². The Morgan fingerprint density at radius 3 is 2.72 bits per heavy atom. The number of carbonyl (C=O) groups excluding carboxylic acids is 1. The maximum Gasteiger partial charge on any atom is 0.256 e. The first kappa shape index (κ1) is 26.2. The van der Waals surface area contributed by atoms with Gasteiger partial charge >= 0.3 is 0 Å². The van der Waals surface area contributed by atoms with Crippen LogP contribution in [0.15, 0.2) is 53.1 Å². The number of aromatic nitrogens is 1. The van der Waals surface area contributed by atoms with Crippen molar-refractivity contribution in [1.82, 2.24) is 9.88 Å². The Bertz CT molecular complexity index is 1510. The molecule has 6 rings (SSSR count). The van der Waals surface area contributed by atoms with Crippen LogP contribution in [0.25, 0.3) is 11.0 Å². The fourth-order valence-corrected chi connectivity index (χ4v) is 6.28. The van der Waals surface area contributed by atoms with E-state index < -0.39 is 0 Å². The van der Waals surface area contributed by atoms with Gasteiger partial charge in [0.15, 0.2) is 0 Å². The third-order valence-electron chi connectivity index (χ3n) is 7.80. The van der Waals surface area contributed by atoms with Crippen LogP contribution in [0.1, 0.15) is 51.1 Å². The molecular weight excluding hydrogens is 535 g/mol. The lowest BCUT2D eigenvalue weighted by molar-refractivity contribution is 0.0664. The standard InChI is InChI=1S/C31H30Cl2N2O4/c1-19-23-10-14-38-29(23)25(30(34-19)39-18-21-5-3-2-4-6-21)17-35-11-7-24-26(32)16-22(28(33)27(24)31(35)36)15-20-8-12-37-13-9-20/h2-6,10,14,16,20H,7-9,11-13,15,17-18H2,1H3. The number of hydrogen-bond acceptors (Lipinski definition) is 5. The van der Waals surface area contributed by atoms with Crippen molar-refractivity contribution in [2.45, 2.75) is 45.8 Å². The molecule has 0 N–H and O–H groups in total. The Hall–Kier alpha value is -3.06. The van der Waals surface area contributed by atoms with Gasteiger partial charge in [-0.05, 0) is 67.3 Å². The first-order valence-electron chi connectivity index (χ1n) is 13.4. The molecule has 2 aromatic carbocycles. The summed E-state index contributed by atoms with van der Waals surface area (Å²) in [6.45, 7) is 4.61. The molecule has 2 aliphatic heterocycles. The highest BCUT2D eigenvalue weighted by molar-refractivity contribution is 6.37. The number of carbonyl (C=O) groups is 1. The van der Waals surface area contributed by atoms with Crippen molar-refractivity contribution in [3.63, 3.8) is 0 Å². The number of rotatable bonds is 7. The second-order valence-electron chi connectivity index (χ2n) is 10.3. The summed E-state index contributed by atoms with van der Waals surface area (Å²) in [5, 5.41) is 2.03. The maximum atomic E-state index is 13.9. The molecule has 0 radical (unpaired) electrons. The van der Waals surface area contributed by atoms with Crippen molar-refractivity contribution in [1.29, 1.82) is 0 Å². The average molecular weight is 565 g/mol. The van der Waals surface area contributed by atoms with Crippen molar-refractivity contribution in [3.8, 4) is 5.88 Å². The van der Waals surface area contributed by atoms with Gasteiger partial charge in [0.2, 0.25) is 5.88 Å². The minimum absolute atomic E-state index is 0.133. The molecule has 0 spiro atoms. The van der Waals surface area contributed by atoms with Crippen LogP contribution in [-0.2, 0) is 30.7 Å². The van der Waals surface area contributed by atoms with Crippen molar-refractivity contribution >= 4 is 40.1 Å². The zero-order chi connectivity index (χ0) is 26.9. The minimum atomic E-state index is -0.133. The first-order chi connectivity index (χ1) is 19.0. The maximum absolute atomic E-state index is 13.9. The zero-order valence-electron chi connectivity index (χ0n) is 21.8. The van der Waals surface area contributed by atoms with Gasteiger partial charge in [0.25, 0.3) is 5.91 Å². The molecule has 1 saturated heterocycles. The number of furan rings is 1. The molecule has 39 heavy (non-hydrogen) atoms. The largest absolute Gasteiger partial charge is 0.472 e. The van der Waals surface area contributed by atoms with E-state index in [1.165, 1.54) is 0 Å². The van der Waals surface area contributed by atoms with Gasteiger partial charge in [-0.2, -0.15) is 0 Å². The summed E-state index contributed by atoms with van der Waals surface area (Å²) in [4.78, 5) is 20.5. The average Bonchev–Trinajstić information content (AvgIpc) is 3.45. The molecule has 1 fully saturated rings. The van der Waals surface area contributed by atoms with Crippen LogP contribution in [-0.4, -0.2) is 35.5 Å². The van der Waals surface area contributed by atoms with E-state index in [-0.39, 0.29) is 12.5 Å². The van der Waals surface area contributed by atoms with Crippen molar-refractivity contribution in [3.05, 3.63) is 92.3 Å². The van der Waals surface area contributed by atoms with Crippen LogP contribution in [0, 0.1) is 12.8 Å². The Morgan fingerprint density at radius 1 is 1.13 bits per heavy atom. The molecular formula is C31H30Cl2N2O4. The molecule has 2 aromatic heterocycles. The molecule has 8 heteroatoms. The van der Waals surface area contributed by atoms with Crippen molar-refractivity contribution in [2.75, 3.05) is 19.8 Å². The Balaban J connectivity index is 1.31. The summed E-state index contributed by atoms with van der Waals surface area (Å²) in [6.07, 6.45) is 5.02. The second-order valence-corrected chi connectivity index (χ2v) is 11.1. The van der Waals surface area contributed by atoms with Crippen molar-refractivity contribution < 1.29 is 18.7 Å². The highest BCUT2D eigenvalue weighted by Gasteiger charge is 2.32. The smallest absolute Gasteiger partial charge is 0.256 e. The van der Waals surface area contributed by atoms with Gasteiger partial charge in [0.1, 0.15) is 12.2 Å². The molecule has 4 aromatic rings. The van der Waals surface area contributed by atoms with Crippen molar-refractivity contribution in [2.24, 2.45) is 5.92 Å². The Labute approximate surface area is 237 Å². The highest BCUT2D eigenvalue weighted by atomic mass is 35.5. The summed E-state index contributed by atoms with van der Waals surface area (Å²) in [5.74, 6) is 0.802. The van der Waals surface area contributed by atoms with Gasteiger partial charge in [-0.1, -0.05) is 53.5 Å². The van der Waals surface area contributed by atoms with E-state index >= 15 is 0 Å². The van der Waals surface area contributed by atoms with Crippen LogP contribution in [0.3, 0.4) is 0 Å². The van der Waals surface area contributed by atoms with Crippen LogP contribution in [0.2, 0.25) is 10.0 Å². The van der Waals surface area contributed by atoms with Gasteiger partial charge in [0, 0.05) is 30.2 Å². The lowest BCUT2D eigenvalue weighted by atomic mass is 9.89. The molecule has 0 unspecified atom stereocenters. The predicted octanol–water partition coefficient (Wildman–Crippen LogP) is 7.19. The molecule has 2 aliphatic rings. The zero-order valence-corrected chi connectivity index (χ0v) is 23.4. The van der Waals surface area contributed by atoms with Crippen LogP contribution in [0.4, 0.5) is 0 Å². The number of fused-ring (bicyclic) bond motifs is 2. The number of nitrogens with zero attached hydrogens (tertiary/aromatic N) is 2. The normalized spacial score (nSPS) is 16.1. The fourth-order valence-electron chi connectivity index (χ4n) is 5.63. The molecule has 0 saturated carbocycles. The second kappa shape index (κ2) is 11.2. The van der Waals surface area contributed by atoms with Crippen LogP contribution in [0.5, 0.6) is 5.88 Å². The highest BCUT2D eigenvalue weighted by Crippen LogP contribution is 2.38. The monoisotopic (exact) mass is 564 g/mol. The summed E-state index contributed by atoms with van der Waals surface area (Å²) < 4.78 is 17.6. The summed E-state index contributed by atoms with van der Waals surface area (Å²) >= 11 is 13.7. The fraction of sp³-hybridized carbons (Fsp3) is 0.355. The molecule has 0 bridgehead atoms. The van der Waals surface area contributed by atoms with Gasteiger partial charge in [-0.3, -0.25) is 4.79 Å². The number of halogens is 2. The van der Waals surface area contributed by atoms with E-state index in [4.69, 9.17) is 42.1 Å². The molecule has 4 heterocycles. The summed E-state index contributed by atoms with van der Waals surface area (Å²) in [5.41, 5.74) is 5.54. The lowest BCUT2D eigenvalue weighted by Gasteiger charge is -2.31. The summed E-state index contributed by atoms with van der Waals surface area (Å²) in [7, 11) is 0. The molecule has 202 valence electrons. The van der Waals surface area contributed by atoms with Gasteiger partial charge in [-0.25, -0.2) is 4.98 Å². The number of aryl methyl sites for hydroxylation is 1. The van der Waals surface area contributed by atoms with E-state index in [1.54, 1.807) is 11.2 Å². The topological polar surface area (TPSA) is 64.8 Å². The minimum Gasteiger partial charge on any atom is -0.472 e. The van der Waals surface area contributed by atoms with Gasteiger partial charge in [-0.15, -0.1) is 0 Å². The third kappa shape index (κ3) is 5.25. The Morgan fingerprint density at radius 2 is 1.92 bits per heavy atom. The number of amides is 1. The van der Waals surface area contributed by atoms with Gasteiger partial charge in [0.05, 0.1) is 34.7 Å².